The van der Waals surface area contributed by atoms with E-state index in [-0.39, 0.29) is 0 Å². The van der Waals surface area contributed by atoms with Gasteiger partial charge in [0.1, 0.15) is 0 Å². The zero-order valence-electron chi connectivity index (χ0n) is 9.80. The summed E-state index contributed by atoms with van der Waals surface area (Å²) >= 11 is 0. The maximum atomic E-state index is 8.62. The van der Waals surface area contributed by atoms with Gasteiger partial charge in [-0.05, 0) is 38.8 Å². The Morgan fingerprint density at radius 2 is 2.00 bits per heavy atom. The first kappa shape index (κ1) is 12.9. The maximum Gasteiger partial charge on any atom is 0.0431 e. The fourth-order valence-electron chi connectivity index (χ4n) is 2.09. The van der Waals surface area contributed by atoms with E-state index >= 15 is 0 Å². The minimum absolute atomic E-state index is 0.347. The second-order valence-electron chi connectivity index (χ2n) is 4.49. The maximum absolute atomic E-state index is 8.62. The molecule has 0 saturated carbocycles. The molecule has 0 amide bonds. The summed E-state index contributed by atoms with van der Waals surface area (Å²) in [5, 5.41) is 15.7. The van der Waals surface area contributed by atoms with E-state index in [0.717, 1.165) is 19.5 Å². The molecule has 1 rings (SSSR count). The highest BCUT2D eigenvalue weighted by Gasteiger charge is 2.10. The van der Waals surface area contributed by atoms with Crippen molar-refractivity contribution in [2.24, 2.45) is 0 Å². The van der Waals surface area contributed by atoms with Crippen LogP contribution in [0.1, 0.15) is 44.9 Å². The average Bonchev–Trinajstić information content (AvgIpc) is 2.29. The third kappa shape index (κ3) is 6.88. The van der Waals surface area contributed by atoms with Gasteiger partial charge in [-0.1, -0.05) is 19.3 Å². The normalized spacial score (nSPS) is 21.8. The Hall–Kier alpha value is -0.120. The highest BCUT2D eigenvalue weighted by atomic mass is 16.2. The van der Waals surface area contributed by atoms with Gasteiger partial charge in [0.25, 0.3) is 0 Å². The molecule has 0 aliphatic carbocycles. The number of unbranched alkanes of at least 4 members (excludes halogenated alkanes) is 3. The lowest BCUT2D eigenvalue weighted by Gasteiger charge is -2.23. The summed E-state index contributed by atoms with van der Waals surface area (Å²) in [6.45, 7) is 3.80. The van der Waals surface area contributed by atoms with E-state index in [2.05, 4.69) is 10.6 Å². The Kier molecular flexibility index (Phi) is 7.88. The molecule has 0 aromatic carbocycles. The molecule has 3 N–H and O–H groups in total. The number of aliphatic hydroxyl groups excluding tert-OH is 1. The van der Waals surface area contributed by atoms with Gasteiger partial charge < -0.3 is 15.7 Å². The molecular weight excluding hydrogens is 188 g/mol. The second-order valence-corrected chi connectivity index (χ2v) is 4.49. The van der Waals surface area contributed by atoms with Gasteiger partial charge in [0.15, 0.2) is 0 Å². The van der Waals surface area contributed by atoms with Crippen LogP contribution in [0.5, 0.6) is 0 Å². The first-order chi connectivity index (χ1) is 7.43. The van der Waals surface area contributed by atoms with Gasteiger partial charge in [-0.25, -0.2) is 0 Å². The van der Waals surface area contributed by atoms with E-state index < -0.39 is 0 Å². The van der Waals surface area contributed by atoms with Gasteiger partial charge in [0.05, 0.1) is 0 Å². The van der Waals surface area contributed by atoms with E-state index in [4.69, 9.17) is 5.11 Å². The fraction of sp³-hybridized carbons (Fsp3) is 1.00. The number of rotatable bonds is 8. The van der Waals surface area contributed by atoms with Gasteiger partial charge in [-0.15, -0.1) is 0 Å². The lowest BCUT2D eigenvalue weighted by atomic mass is 10.1. The quantitative estimate of drug-likeness (QED) is 0.533. The van der Waals surface area contributed by atoms with Crippen molar-refractivity contribution in [1.29, 1.82) is 0 Å². The molecule has 0 aromatic heterocycles. The van der Waals surface area contributed by atoms with Crippen molar-refractivity contribution in [2.45, 2.75) is 51.0 Å². The molecule has 1 heterocycles. The first-order valence-corrected chi connectivity index (χ1v) is 6.48. The van der Waals surface area contributed by atoms with Gasteiger partial charge >= 0.3 is 0 Å². The van der Waals surface area contributed by atoms with Crippen LogP contribution in [0.15, 0.2) is 0 Å². The van der Waals surface area contributed by atoms with Gasteiger partial charge in [0.2, 0.25) is 0 Å². The minimum atomic E-state index is 0.347. The van der Waals surface area contributed by atoms with Crippen LogP contribution in [0.3, 0.4) is 0 Å². The Morgan fingerprint density at radius 1 is 1.13 bits per heavy atom. The standard InChI is InChI=1S/C12H26N2O/c15-10-6-2-1-4-8-13-11-12-7-3-5-9-14-12/h12-15H,1-11H2. The van der Waals surface area contributed by atoms with Crippen LogP contribution < -0.4 is 10.6 Å². The molecule has 1 aliphatic heterocycles. The third-order valence-corrected chi connectivity index (χ3v) is 3.06. The van der Waals surface area contributed by atoms with Crippen LogP contribution >= 0.6 is 0 Å². The fourth-order valence-corrected chi connectivity index (χ4v) is 2.09. The van der Waals surface area contributed by atoms with Crippen molar-refractivity contribution < 1.29 is 5.11 Å². The van der Waals surface area contributed by atoms with Crippen LogP contribution in [-0.4, -0.2) is 37.4 Å². The van der Waals surface area contributed by atoms with Crippen molar-refractivity contribution in [3.63, 3.8) is 0 Å². The molecule has 0 radical (unpaired) electrons. The topological polar surface area (TPSA) is 44.3 Å². The van der Waals surface area contributed by atoms with Crippen LogP contribution in [0.25, 0.3) is 0 Å². The average molecular weight is 214 g/mol. The molecule has 0 aromatic rings. The molecule has 15 heavy (non-hydrogen) atoms. The smallest absolute Gasteiger partial charge is 0.0431 e. The zero-order valence-corrected chi connectivity index (χ0v) is 9.80. The number of hydrogen-bond acceptors (Lipinski definition) is 3. The summed E-state index contributed by atoms with van der Waals surface area (Å²) in [6, 6.07) is 0.705. The molecule has 0 spiro atoms. The molecule has 3 heteroatoms. The zero-order chi connectivity index (χ0) is 10.8. The van der Waals surface area contributed by atoms with Crippen LogP contribution in [-0.2, 0) is 0 Å². The van der Waals surface area contributed by atoms with E-state index in [0.29, 0.717) is 12.6 Å². The molecule has 1 fully saturated rings. The Labute approximate surface area is 93.6 Å². The number of aliphatic hydroxyl groups is 1. The molecule has 1 atom stereocenters. The SMILES string of the molecule is OCCCCCCNCC1CCCCN1. The van der Waals surface area contributed by atoms with Gasteiger partial charge in [-0.2, -0.15) is 0 Å². The van der Waals surface area contributed by atoms with E-state index in [1.54, 1.807) is 0 Å². The van der Waals surface area contributed by atoms with E-state index in [1.165, 1.54) is 45.1 Å². The summed E-state index contributed by atoms with van der Waals surface area (Å²) in [7, 11) is 0. The molecule has 90 valence electrons. The number of nitrogens with one attached hydrogen (secondary N) is 2. The van der Waals surface area contributed by atoms with Crippen molar-refractivity contribution in [3.8, 4) is 0 Å². The summed E-state index contributed by atoms with van der Waals surface area (Å²) in [5.74, 6) is 0. The molecule has 1 unspecified atom stereocenters. The van der Waals surface area contributed by atoms with Crippen molar-refractivity contribution >= 4 is 0 Å². The van der Waals surface area contributed by atoms with Crippen molar-refractivity contribution in [3.05, 3.63) is 0 Å². The van der Waals surface area contributed by atoms with Crippen molar-refractivity contribution in [2.75, 3.05) is 26.2 Å². The Balaban J connectivity index is 1.79. The van der Waals surface area contributed by atoms with Gasteiger partial charge in [-0.3, -0.25) is 0 Å². The molecule has 1 aliphatic rings. The third-order valence-electron chi connectivity index (χ3n) is 3.06. The number of piperidine rings is 1. The minimum Gasteiger partial charge on any atom is -0.396 e. The van der Waals surface area contributed by atoms with Gasteiger partial charge in [0, 0.05) is 19.2 Å². The van der Waals surface area contributed by atoms with E-state index in [1.807, 2.05) is 0 Å². The van der Waals surface area contributed by atoms with Crippen LogP contribution in [0.4, 0.5) is 0 Å². The molecule has 1 saturated heterocycles. The van der Waals surface area contributed by atoms with E-state index in [9.17, 15) is 0 Å². The lowest BCUT2D eigenvalue weighted by molar-refractivity contribution is 0.282. The lowest BCUT2D eigenvalue weighted by Crippen LogP contribution is -2.41. The predicted molar refractivity (Wildman–Crippen MR) is 64.1 cm³/mol. The Bertz CT molecular complexity index is 136. The second kappa shape index (κ2) is 9.13. The molecule has 0 bridgehead atoms. The predicted octanol–water partition coefficient (Wildman–Crippen LogP) is 1.27. The first-order valence-electron chi connectivity index (χ1n) is 6.48. The molecule has 3 nitrogen and oxygen atoms in total. The van der Waals surface area contributed by atoms with Crippen LogP contribution in [0, 0.1) is 0 Å². The summed E-state index contributed by atoms with van der Waals surface area (Å²) in [6.07, 6.45) is 8.67. The monoisotopic (exact) mass is 214 g/mol. The highest BCUT2D eigenvalue weighted by molar-refractivity contribution is 4.73. The number of hydrogen-bond donors (Lipinski definition) is 3. The summed E-state index contributed by atoms with van der Waals surface area (Å²) in [4.78, 5) is 0. The summed E-state index contributed by atoms with van der Waals surface area (Å²) in [5.41, 5.74) is 0. The van der Waals surface area contributed by atoms with Crippen LogP contribution in [0.2, 0.25) is 0 Å². The molecular formula is C12H26N2O. The van der Waals surface area contributed by atoms with Crippen molar-refractivity contribution in [1.82, 2.24) is 10.6 Å². The highest BCUT2D eigenvalue weighted by Crippen LogP contribution is 2.05. The largest absolute Gasteiger partial charge is 0.396 e. The summed E-state index contributed by atoms with van der Waals surface area (Å²) < 4.78 is 0. The Morgan fingerprint density at radius 3 is 2.73 bits per heavy atom.